The zero-order valence-electron chi connectivity index (χ0n) is 36.4. The zero-order valence-corrected chi connectivity index (χ0v) is 38.0. The van der Waals surface area contributed by atoms with Gasteiger partial charge in [-0.1, -0.05) is 41.9 Å². The third-order valence-corrected chi connectivity index (χ3v) is 13.7. The molecule has 3 aromatic heterocycles. The van der Waals surface area contributed by atoms with E-state index < -0.39 is 23.0 Å². The van der Waals surface area contributed by atoms with Crippen LogP contribution in [0.3, 0.4) is 0 Å². The lowest BCUT2D eigenvalue weighted by Crippen LogP contribution is -2.61. The summed E-state index contributed by atoms with van der Waals surface area (Å²) in [6.45, 7) is 11.3. The second-order valence-corrected chi connectivity index (χ2v) is 20.0. The van der Waals surface area contributed by atoms with Crippen molar-refractivity contribution in [2.45, 2.75) is 109 Å². The molecule has 2 atom stereocenters. The minimum absolute atomic E-state index is 0.0113. The van der Waals surface area contributed by atoms with Crippen LogP contribution in [0.1, 0.15) is 95.5 Å². The maximum atomic E-state index is 13.2. The number of nitrogens with zero attached hydrogens (tertiary/aromatic N) is 5. The number of aliphatic hydroxyl groups is 3. The maximum absolute atomic E-state index is 13.2. The van der Waals surface area contributed by atoms with Crippen molar-refractivity contribution in [1.82, 2.24) is 29.4 Å². The highest BCUT2D eigenvalue weighted by atomic mass is 35.5. The van der Waals surface area contributed by atoms with Gasteiger partial charge in [0, 0.05) is 42.9 Å². The normalized spacial score (nSPS) is 20.2. The summed E-state index contributed by atoms with van der Waals surface area (Å²) in [5, 5.41) is 40.7. The van der Waals surface area contributed by atoms with Gasteiger partial charge in [-0.25, -0.2) is 14.5 Å². The lowest BCUT2D eigenvalue weighted by atomic mass is 9.73. The van der Waals surface area contributed by atoms with E-state index in [4.69, 9.17) is 30.0 Å². The average molecular weight is 904 g/mol. The van der Waals surface area contributed by atoms with Crippen LogP contribution in [0.5, 0.6) is 17.5 Å². The molecule has 0 radical (unpaired) electrons. The van der Waals surface area contributed by atoms with Crippen LogP contribution in [0.15, 0.2) is 66.9 Å². The van der Waals surface area contributed by atoms with E-state index >= 15 is 0 Å². The van der Waals surface area contributed by atoms with Crippen molar-refractivity contribution in [3.05, 3.63) is 83.1 Å². The van der Waals surface area contributed by atoms with Gasteiger partial charge in [-0.2, -0.15) is 4.98 Å². The van der Waals surface area contributed by atoms with E-state index in [1.54, 1.807) is 12.1 Å². The molecule has 1 aromatic carbocycles. The first kappa shape index (κ1) is 44.8. The molecule has 63 heavy (non-hydrogen) atoms. The Bertz CT molecular complexity index is 2320. The summed E-state index contributed by atoms with van der Waals surface area (Å²) >= 11 is 7.11. The minimum Gasteiger partial charge on any atom is -0.485 e. The Balaban J connectivity index is 0.847. The number of anilines is 1. The van der Waals surface area contributed by atoms with Gasteiger partial charge in [0.1, 0.15) is 22.9 Å². The second-order valence-electron chi connectivity index (χ2n) is 19.1. The van der Waals surface area contributed by atoms with Crippen LogP contribution >= 0.6 is 23.8 Å². The fraction of sp³-hybridized carbons (Fsp3) is 0.523. The van der Waals surface area contributed by atoms with E-state index in [2.05, 4.69) is 39.0 Å². The second kappa shape index (κ2) is 16.7. The molecule has 4 aliphatic rings. The fourth-order valence-electron chi connectivity index (χ4n) is 9.73. The Morgan fingerprint density at radius 3 is 2.35 bits per heavy atom. The molecule has 336 valence electrons. The van der Waals surface area contributed by atoms with Gasteiger partial charge < -0.3 is 43.9 Å². The molecule has 1 aliphatic heterocycles. The van der Waals surface area contributed by atoms with Crippen LogP contribution in [-0.2, 0) is 11.3 Å². The highest BCUT2D eigenvalue weighted by Crippen LogP contribution is 2.94. The van der Waals surface area contributed by atoms with Gasteiger partial charge >= 0.3 is 12.1 Å². The number of hydrogen-bond acceptors (Lipinski definition) is 14. The van der Waals surface area contributed by atoms with E-state index in [1.165, 1.54) is 36.9 Å². The molecule has 2 unspecified atom stereocenters. The Labute approximate surface area is 377 Å². The number of fused-ring (bicyclic) bond motifs is 1. The number of ether oxygens (including phenoxy) is 3. The first-order chi connectivity index (χ1) is 29.7. The molecule has 2 spiro atoms. The van der Waals surface area contributed by atoms with Crippen molar-refractivity contribution < 1.29 is 43.3 Å². The number of amides is 2. The Kier molecular flexibility index (Phi) is 11.9. The summed E-state index contributed by atoms with van der Waals surface area (Å²) in [6, 6.07) is 17.6. The average Bonchev–Trinajstić information content (AvgIpc) is 4.17. The lowest BCUT2D eigenvalue weighted by Gasteiger charge is -2.36. The first-order valence-electron chi connectivity index (χ1n) is 21.4. The predicted octanol–water partition coefficient (Wildman–Crippen LogP) is 6.02. The molecule has 3 saturated carbocycles. The van der Waals surface area contributed by atoms with Crippen molar-refractivity contribution in [3.63, 3.8) is 0 Å². The first-order valence-corrected chi connectivity index (χ1v) is 22.5. The van der Waals surface area contributed by atoms with Gasteiger partial charge in [-0.15, -0.1) is 5.10 Å². The van der Waals surface area contributed by atoms with Crippen molar-refractivity contribution >= 4 is 49.5 Å². The van der Waals surface area contributed by atoms with Crippen LogP contribution in [0.25, 0.3) is 5.82 Å². The molecule has 4 aromatic rings. The number of halogens is 1. The number of nitrogens with one attached hydrogen (secondary N) is 2. The van der Waals surface area contributed by atoms with Crippen molar-refractivity contribution in [3.8, 4) is 23.3 Å². The summed E-state index contributed by atoms with van der Waals surface area (Å²) < 4.78 is 26.9. The van der Waals surface area contributed by atoms with E-state index in [1.807, 2.05) is 56.0 Å². The van der Waals surface area contributed by atoms with Crippen LogP contribution in [0.2, 0.25) is 5.15 Å². The lowest BCUT2D eigenvalue weighted by molar-refractivity contribution is -0.358. The van der Waals surface area contributed by atoms with Gasteiger partial charge in [0.2, 0.25) is 11.8 Å². The van der Waals surface area contributed by atoms with Gasteiger partial charge in [0.15, 0.2) is 37.5 Å². The molecule has 3 aliphatic carbocycles. The Hall–Kier alpha value is -4.75. The number of carbonyl (C=O) groups excluding carboxylic acids is 2. The number of aromatic nitrogens is 4. The molecular weight excluding hydrogens is 849 g/mol. The highest BCUT2D eigenvalue weighted by Gasteiger charge is 2.91. The summed E-state index contributed by atoms with van der Waals surface area (Å²) in [6.07, 6.45) is 7.68. The number of benzene rings is 1. The number of hydrogen-bond donors (Lipinski definition) is 5. The van der Waals surface area contributed by atoms with E-state index in [9.17, 15) is 24.9 Å². The summed E-state index contributed by atoms with van der Waals surface area (Å²) in [5.74, 6) is -2.09. The number of likely N-dealkylation sites (tertiary alicyclic amines) is 1. The molecule has 4 fully saturated rings. The number of rotatable bonds is 17. The topological polar surface area (TPSA) is 203 Å². The van der Waals surface area contributed by atoms with E-state index in [-0.39, 0.29) is 56.7 Å². The van der Waals surface area contributed by atoms with Crippen molar-refractivity contribution in [2.75, 3.05) is 18.4 Å². The largest absolute Gasteiger partial charge is 0.485 e. The predicted molar refractivity (Wildman–Crippen MR) is 238 cm³/mol. The minimum atomic E-state index is -2.88. The van der Waals surface area contributed by atoms with Crippen LogP contribution < -0.4 is 23.7 Å². The van der Waals surface area contributed by atoms with E-state index in [0.29, 0.717) is 49.4 Å². The van der Waals surface area contributed by atoms with Crippen molar-refractivity contribution in [1.29, 1.82) is 0 Å². The quantitative estimate of drug-likeness (QED) is 0.0206. The summed E-state index contributed by atoms with van der Waals surface area (Å²) in [4.78, 5) is 36.9. The van der Waals surface area contributed by atoms with Gasteiger partial charge in [-0.3, -0.25) is 9.52 Å². The van der Waals surface area contributed by atoms with Crippen LogP contribution in [0, 0.1) is 22.7 Å². The number of pyridine rings is 2. The molecule has 5 N–H and O–H groups in total. The monoisotopic (exact) mass is 903 g/mol. The Morgan fingerprint density at radius 2 is 1.68 bits per heavy atom. The molecule has 4 heterocycles. The molecule has 2 amide bonds. The van der Waals surface area contributed by atoms with Crippen LogP contribution in [-0.4, -0.2) is 95.5 Å². The smallest absolute Gasteiger partial charge is 0.410 e. The standard InChI is InChI=1S/C44H55BClN7O9S/c1-39(2,3)61-38(55)52-25-28(24-40(52,4)5)12-9-22-47-35-30(59-26-27-10-7-6-8-11-27)14-16-32(49-35)62-63-51-36(54)29-13-15-31(48-34(29)46)53-23-17-33(50-53)60-44(57,58)43(45,56)37-41(18-19-41)42(37)20-21-42/h6-8,10-11,13-17,23,28,37,56-58H,9,12,18-22,24-26,45H2,1-5H3,(H,47,49)(H,51,54). The molecular formula is C44H55BClN7O9S. The third-order valence-electron chi connectivity index (χ3n) is 12.9. The molecule has 8 rings (SSSR count). The van der Waals surface area contributed by atoms with Gasteiger partial charge in [0.25, 0.3) is 5.91 Å². The molecule has 1 saturated heterocycles. The number of carbonyl (C=O) groups is 2. The Morgan fingerprint density at radius 1 is 0.968 bits per heavy atom. The van der Waals surface area contributed by atoms with E-state index in [0.717, 1.165) is 50.5 Å². The van der Waals surface area contributed by atoms with Gasteiger partial charge in [-0.05, 0) is 120 Å². The highest BCUT2D eigenvalue weighted by molar-refractivity contribution is 7.93. The maximum Gasteiger partial charge on any atom is 0.410 e. The molecule has 19 heteroatoms. The fourth-order valence-corrected chi connectivity index (χ4v) is 10.4. The summed E-state index contributed by atoms with van der Waals surface area (Å²) in [5.41, 5.74) is -1.73. The van der Waals surface area contributed by atoms with Crippen molar-refractivity contribution in [2.24, 2.45) is 22.7 Å². The van der Waals surface area contributed by atoms with Crippen LogP contribution in [0.4, 0.5) is 10.6 Å². The third kappa shape index (κ3) is 9.28. The van der Waals surface area contributed by atoms with Gasteiger partial charge in [0.05, 0.1) is 5.56 Å². The summed E-state index contributed by atoms with van der Waals surface area (Å²) in [7, 11) is 1.41. The zero-order chi connectivity index (χ0) is 45.0. The molecule has 0 bridgehead atoms. The SMILES string of the molecule is BC(O)(C1C2(CC2)C12CC2)C(O)(O)Oc1ccn(-c2ccc(C(=O)NSOc3ccc(OCc4ccccc4)c(NCCCC4CN(C(=O)OC(C)(C)C)C(C)(C)C4)n3)c(Cl)n2)n1. The molecule has 16 nitrogen and oxygen atoms in total.